The maximum absolute atomic E-state index is 13.0. The van der Waals surface area contributed by atoms with Crippen LogP contribution in [0.1, 0.15) is 37.7 Å². The molecule has 3 unspecified atom stereocenters. The average molecular weight is 495 g/mol. The van der Waals surface area contributed by atoms with Gasteiger partial charge in [0.25, 0.3) is 0 Å². The molecule has 35 heavy (non-hydrogen) atoms. The maximum Gasteiger partial charge on any atom is 0.322 e. The molecule has 0 heterocycles. The van der Waals surface area contributed by atoms with Gasteiger partial charge in [0.1, 0.15) is 24.4 Å². The number of phenolic OH excluding ortho intramolecular Hbond substituents is 1. The molecule has 11 N–H and O–H groups in total. The van der Waals surface area contributed by atoms with Gasteiger partial charge in [0.15, 0.2) is 0 Å². The van der Waals surface area contributed by atoms with Gasteiger partial charge in [0, 0.05) is 12.8 Å². The van der Waals surface area contributed by atoms with E-state index < -0.39 is 54.3 Å². The highest BCUT2D eigenvalue weighted by atomic mass is 16.4. The molecule has 3 atom stereocenters. The number of nitrogens with one attached hydrogen (secondary N) is 3. The molecule has 1 aromatic rings. The number of unbranched alkanes of at least 4 members (excludes halogenated alkanes) is 1. The van der Waals surface area contributed by atoms with E-state index in [1.54, 1.807) is 0 Å². The van der Waals surface area contributed by atoms with Crippen LogP contribution in [0.3, 0.4) is 0 Å². The van der Waals surface area contributed by atoms with E-state index >= 15 is 0 Å². The number of phenols is 1. The van der Waals surface area contributed by atoms with Crippen LogP contribution < -0.4 is 33.2 Å². The van der Waals surface area contributed by atoms with E-state index in [1.807, 2.05) is 0 Å². The van der Waals surface area contributed by atoms with E-state index in [4.69, 9.17) is 22.3 Å². The molecule has 13 nitrogen and oxygen atoms in total. The minimum Gasteiger partial charge on any atom is -0.508 e. The molecule has 0 aliphatic heterocycles. The van der Waals surface area contributed by atoms with E-state index in [-0.39, 0.29) is 25.0 Å². The Morgan fingerprint density at radius 2 is 1.51 bits per heavy atom. The number of carbonyl (C=O) groups excluding carboxylic acids is 4. The zero-order valence-corrected chi connectivity index (χ0v) is 19.4. The highest BCUT2D eigenvalue weighted by Gasteiger charge is 2.28. The number of carbonyl (C=O) groups is 5. The lowest BCUT2D eigenvalue weighted by Gasteiger charge is -2.24. The van der Waals surface area contributed by atoms with Crippen LogP contribution in [-0.4, -0.2) is 71.0 Å². The third-order valence-corrected chi connectivity index (χ3v) is 5.04. The third-order valence-electron chi connectivity index (χ3n) is 5.04. The van der Waals surface area contributed by atoms with Crippen LogP contribution in [0.25, 0.3) is 0 Å². The molecule has 0 radical (unpaired) electrons. The molecular weight excluding hydrogens is 460 g/mol. The number of aromatic hydroxyl groups is 1. The fraction of sp³-hybridized carbons (Fsp3) is 0.500. The van der Waals surface area contributed by atoms with Crippen molar-refractivity contribution in [2.75, 3.05) is 13.1 Å². The summed E-state index contributed by atoms with van der Waals surface area (Å²) in [4.78, 5) is 60.2. The predicted molar refractivity (Wildman–Crippen MR) is 126 cm³/mol. The zero-order valence-electron chi connectivity index (χ0n) is 19.4. The largest absolute Gasteiger partial charge is 0.508 e. The van der Waals surface area contributed by atoms with Crippen LogP contribution in [0.15, 0.2) is 24.3 Å². The van der Waals surface area contributed by atoms with Gasteiger partial charge in [-0.15, -0.1) is 0 Å². The molecule has 0 aliphatic rings. The quantitative estimate of drug-likeness (QED) is 0.116. The summed E-state index contributed by atoms with van der Waals surface area (Å²) in [5, 5.41) is 25.5. The highest BCUT2D eigenvalue weighted by Crippen LogP contribution is 2.12. The molecule has 4 amide bonds. The Kier molecular flexibility index (Phi) is 12.8. The minimum absolute atomic E-state index is 0.00157. The first-order chi connectivity index (χ1) is 16.5. The summed E-state index contributed by atoms with van der Waals surface area (Å²) in [6.07, 6.45) is 1.25. The number of primary amides is 1. The first kappa shape index (κ1) is 29.3. The predicted octanol–water partition coefficient (Wildman–Crippen LogP) is -2.17. The summed E-state index contributed by atoms with van der Waals surface area (Å²) in [6.45, 7) is -0.218. The van der Waals surface area contributed by atoms with Crippen molar-refractivity contribution in [1.29, 1.82) is 0 Å². The van der Waals surface area contributed by atoms with Gasteiger partial charge < -0.3 is 43.4 Å². The second-order valence-electron chi connectivity index (χ2n) is 8.00. The van der Waals surface area contributed by atoms with E-state index in [0.29, 0.717) is 31.4 Å². The molecule has 0 saturated heterocycles. The molecular formula is C22H34N6O7. The molecule has 1 aromatic carbocycles. The number of carboxylic acids is 1. The molecule has 0 saturated carbocycles. The summed E-state index contributed by atoms with van der Waals surface area (Å²) >= 11 is 0. The molecule has 194 valence electrons. The zero-order chi connectivity index (χ0) is 26.4. The summed E-state index contributed by atoms with van der Waals surface area (Å²) in [7, 11) is 0. The molecule has 0 spiro atoms. The van der Waals surface area contributed by atoms with Crippen molar-refractivity contribution in [1.82, 2.24) is 16.0 Å². The molecule has 13 heteroatoms. The van der Waals surface area contributed by atoms with E-state index in [1.165, 1.54) is 24.3 Å². The number of rotatable bonds is 16. The monoisotopic (exact) mass is 494 g/mol. The Balaban J connectivity index is 2.99. The van der Waals surface area contributed by atoms with Crippen molar-refractivity contribution in [3.05, 3.63) is 29.8 Å². The Morgan fingerprint density at radius 1 is 0.886 bits per heavy atom. The fourth-order valence-electron chi connectivity index (χ4n) is 3.11. The topological polar surface area (TPSA) is 240 Å². The van der Waals surface area contributed by atoms with Gasteiger partial charge >= 0.3 is 5.97 Å². The first-order valence-electron chi connectivity index (χ1n) is 11.2. The molecule has 1 rings (SSSR count). The van der Waals surface area contributed by atoms with Crippen LogP contribution in [0.4, 0.5) is 0 Å². The molecule has 0 aliphatic carbocycles. The smallest absolute Gasteiger partial charge is 0.322 e. The summed E-state index contributed by atoms with van der Waals surface area (Å²) in [5.74, 6) is -4.12. The van der Waals surface area contributed by atoms with Crippen LogP contribution in [0.2, 0.25) is 0 Å². The number of carboxylic acid groups (broad SMARTS) is 1. The number of aliphatic carboxylic acids is 1. The Labute approximate surface area is 202 Å². The van der Waals surface area contributed by atoms with Gasteiger partial charge in [-0.3, -0.25) is 24.0 Å². The van der Waals surface area contributed by atoms with Crippen LogP contribution in [-0.2, 0) is 30.4 Å². The van der Waals surface area contributed by atoms with Crippen LogP contribution in [0, 0.1) is 0 Å². The summed E-state index contributed by atoms with van der Waals surface area (Å²) < 4.78 is 0. The van der Waals surface area contributed by atoms with E-state index in [0.717, 1.165) is 0 Å². The van der Waals surface area contributed by atoms with Gasteiger partial charge in [0.05, 0.1) is 6.04 Å². The number of amides is 4. The normalized spacial score (nSPS) is 13.2. The van der Waals surface area contributed by atoms with Crippen LogP contribution in [0.5, 0.6) is 5.75 Å². The summed E-state index contributed by atoms with van der Waals surface area (Å²) in [5.41, 5.74) is 17.1. The lowest BCUT2D eigenvalue weighted by Crippen LogP contribution is -2.56. The second kappa shape index (κ2) is 15.2. The number of nitrogens with two attached hydrogens (primary N) is 3. The van der Waals surface area contributed by atoms with Gasteiger partial charge in [0.2, 0.25) is 23.6 Å². The molecule has 0 bridgehead atoms. The van der Waals surface area contributed by atoms with Gasteiger partial charge in [-0.25, -0.2) is 0 Å². The Hall–Kier alpha value is -3.71. The standard InChI is InChI=1S/C22H34N6O7/c23-10-2-1-3-15(24)20(33)27-16(8-9-18(25)30)22(35)28-17(21(34)26-12-19(31)32)11-13-4-6-14(29)7-5-13/h4-7,15-17,29H,1-3,8-12,23-24H2,(H2,25,30)(H,26,34)(H,27,33)(H,28,35)(H,31,32). The van der Waals surface area contributed by atoms with Crippen molar-refractivity contribution in [3.63, 3.8) is 0 Å². The minimum atomic E-state index is -1.27. The van der Waals surface area contributed by atoms with Gasteiger partial charge in [-0.05, 0) is 43.5 Å². The van der Waals surface area contributed by atoms with Crippen molar-refractivity contribution in [2.45, 2.75) is 56.7 Å². The molecule has 0 fully saturated rings. The lowest BCUT2D eigenvalue weighted by molar-refractivity contribution is -0.138. The van der Waals surface area contributed by atoms with Crippen molar-refractivity contribution < 1.29 is 34.2 Å². The average Bonchev–Trinajstić information content (AvgIpc) is 2.80. The fourth-order valence-corrected chi connectivity index (χ4v) is 3.11. The van der Waals surface area contributed by atoms with Gasteiger partial charge in [-0.2, -0.15) is 0 Å². The Bertz CT molecular complexity index is 878. The van der Waals surface area contributed by atoms with Crippen molar-refractivity contribution >= 4 is 29.6 Å². The van der Waals surface area contributed by atoms with E-state index in [9.17, 15) is 29.1 Å². The number of hydrogen-bond acceptors (Lipinski definition) is 8. The van der Waals surface area contributed by atoms with Crippen LogP contribution >= 0.6 is 0 Å². The van der Waals surface area contributed by atoms with Gasteiger partial charge in [-0.1, -0.05) is 18.6 Å². The number of hydrogen-bond donors (Lipinski definition) is 8. The first-order valence-corrected chi connectivity index (χ1v) is 11.2. The highest BCUT2D eigenvalue weighted by molar-refractivity contribution is 5.94. The second-order valence-corrected chi connectivity index (χ2v) is 8.00. The van der Waals surface area contributed by atoms with Crippen molar-refractivity contribution in [3.8, 4) is 5.75 Å². The third kappa shape index (κ3) is 11.8. The lowest BCUT2D eigenvalue weighted by atomic mass is 10.0. The summed E-state index contributed by atoms with van der Waals surface area (Å²) in [6, 6.07) is 2.52. The maximum atomic E-state index is 13.0. The van der Waals surface area contributed by atoms with E-state index in [2.05, 4.69) is 16.0 Å². The number of benzene rings is 1. The Morgan fingerprint density at radius 3 is 2.09 bits per heavy atom. The van der Waals surface area contributed by atoms with Crippen molar-refractivity contribution in [2.24, 2.45) is 17.2 Å². The SMILES string of the molecule is NCCCCC(N)C(=O)NC(CCC(N)=O)C(=O)NC(Cc1ccc(O)cc1)C(=O)NCC(=O)O. The molecule has 0 aromatic heterocycles.